The van der Waals surface area contributed by atoms with Gasteiger partial charge in [-0.1, -0.05) is 11.6 Å². The number of benzene rings is 1. The fraction of sp³-hybridized carbons (Fsp3) is 0. The number of primary amides is 1. The smallest absolute Gasteiger partial charge is 0.254 e. The van der Waals surface area contributed by atoms with Crippen molar-refractivity contribution in [3.8, 4) is 11.6 Å². The molecule has 0 unspecified atom stereocenters. The third kappa shape index (κ3) is 2.97. The SMILES string of the molecule is NC(=O)c1cc(F)cnc1Oc1ccc(F)cc1Cl. The van der Waals surface area contributed by atoms with Crippen LogP contribution in [0.1, 0.15) is 10.4 Å². The van der Waals surface area contributed by atoms with Crippen molar-refractivity contribution in [2.45, 2.75) is 0 Å². The number of ether oxygens (including phenoxy) is 1. The zero-order valence-corrected chi connectivity index (χ0v) is 10.1. The maximum atomic E-state index is 13.0. The first-order valence-corrected chi connectivity index (χ1v) is 5.43. The quantitative estimate of drug-likeness (QED) is 0.942. The van der Waals surface area contributed by atoms with Crippen molar-refractivity contribution in [3.63, 3.8) is 0 Å². The molecule has 0 aliphatic heterocycles. The number of nitrogens with zero attached hydrogens (tertiary/aromatic N) is 1. The van der Waals surface area contributed by atoms with Gasteiger partial charge in [0.05, 0.1) is 11.2 Å². The summed E-state index contributed by atoms with van der Waals surface area (Å²) in [5.74, 6) is -2.31. The molecule has 0 radical (unpaired) electrons. The minimum absolute atomic E-state index is 0.0125. The Morgan fingerprint density at radius 1 is 1.26 bits per heavy atom. The number of aromatic nitrogens is 1. The van der Waals surface area contributed by atoms with E-state index in [4.69, 9.17) is 22.1 Å². The van der Waals surface area contributed by atoms with E-state index in [0.717, 1.165) is 24.4 Å². The molecule has 1 amide bonds. The van der Waals surface area contributed by atoms with Gasteiger partial charge in [-0.25, -0.2) is 13.8 Å². The lowest BCUT2D eigenvalue weighted by molar-refractivity contribution is 0.0997. The minimum atomic E-state index is -0.903. The molecule has 0 aliphatic carbocycles. The van der Waals surface area contributed by atoms with Crippen LogP contribution in [0.5, 0.6) is 11.6 Å². The van der Waals surface area contributed by atoms with E-state index in [1.165, 1.54) is 6.07 Å². The molecule has 1 aromatic heterocycles. The summed E-state index contributed by atoms with van der Waals surface area (Å²) in [5, 5.41) is -0.0125. The van der Waals surface area contributed by atoms with Gasteiger partial charge in [0, 0.05) is 0 Å². The average Bonchev–Trinajstić information content (AvgIpc) is 2.34. The summed E-state index contributed by atoms with van der Waals surface area (Å²) in [5.41, 5.74) is 4.84. The van der Waals surface area contributed by atoms with Crippen LogP contribution < -0.4 is 10.5 Å². The predicted octanol–water partition coefficient (Wildman–Crippen LogP) is 2.90. The maximum Gasteiger partial charge on any atom is 0.254 e. The zero-order valence-electron chi connectivity index (χ0n) is 9.36. The number of hydrogen-bond acceptors (Lipinski definition) is 3. The molecule has 0 saturated heterocycles. The predicted molar refractivity (Wildman–Crippen MR) is 64.2 cm³/mol. The molecule has 0 fully saturated rings. The van der Waals surface area contributed by atoms with E-state index in [2.05, 4.69) is 4.98 Å². The molecule has 2 rings (SSSR count). The van der Waals surface area contributed by atoms with Crippen LogP contribution in [0.3, 0.4) is 0 Å². The number of pyridine rings is 1. The molecule has 4 nitrogen and oxygen atoms in total. The molecule has 0 atom stereocenters. The van der Waals surface area contributed by atoms with Crippen molar-refractivity contribution in [1.29, 1.82) is 0 Å². The van der Waals surface area contributed by atoms with Gasteiger partial charge >= 0.3 is 0 Å². The van der Waals surface area contributed by atoms with Crippen molar-refractivity contribution in [2.24, 2.45) is 5.73 Å². The summed E-state index contributed by atoms with van der Waals surface area (Å²) in [6.07, 6.45) is 0.860. The number of amides is 1. The fourth-order valence-electron chi connectivity index (χ4n) is 1.35. The van der Waals surface area contributed by atoms with Gasteiger partial charge in [0.15, 0.2) is 0 Å². The van der Waals surface area contributed by atoms with Crippen LogP contribution in [0.25, 0.3) is 0 Å². The van der Waals surface area contributed by atoms with Crippen LogP contribution in [0.15, 0.2) is 30.5 Å². The van der Waals surface area contributed by atoms with Gasteiger partial charge in [-0.05, 0) is 24.3 Å². The second-order valence-electron chi connectivity index (χ2n) is 3.55. The second-order valence-corrected chi connectivity index (χ2v) is 3.95. The Hall–Kier alpha value is -2.21. The van der Waals surface area contributed by atoms with Crippen LogP contribution in [0, 0.1) is 11.6 Å². The summed E-state index contributed by atoms with van der Waals surface area (Å²) in [6.45, 7) is 0. The van der Waals surface area contributed by atoms with Gasteiger partial charge in [-0.15, -0.1) is 0 Å². The fourth-order valence-corrected chi connectivity index (χ4v) is 1.55. The Balaban J connectivity index is 2.40. The van der Waals surface area contributed by atoms with Crippen LogP contribution in [-0.2, 0) is 0 Å². The Bertz CT molecular complexity index is 650. The molecule has 0 aliphatic rings. The number of rotatable bonds is 3. The highest BCUT2D eigenvalue weighted by molar-refractivity contribution is 6.32. The van der Waals surface area contributed by atoms with Crippen molar-refractivity contribution in [1.82, 2.24) is 4.98 Å². The molecule has 19 heavy (non-hydrogen) atoms. The van der Waals surface area contributed by atoms with E-state index in [-0.39, 0.29) is 22.2 Å². The monoisotopic (exact) mass is 284 g/mol. The molecular weight excluding hydrogens is 278 g/mol. The lowest BCUT2D eigenvalue weighted by Crippen LogP contribution is -2.13. The van der Waals surface area contributed by atoms with Crippen LogP contribution >= 0.6 is 11.6 Å². The highest BCUT2D eigenvalue weighted by Gasteiger charge is 2.15. The van der Waals surface area contributed by atoms with Gasteiger partial charge in [0.1, 0.15) is 22.9 Å². The first-order valence-electron chi connectivity index (χ1n) is 5.05. The topological polar surface area (TPSA) is 65.2 Å². The third-order valence-electron chi connectivity index (χ3n) is 2.18. The summed E-state index contributed by atoms with van der Waals surface area (Å²) in [7, 11) is 0. The maximum absolute atomic E-state index is 13.0. The molecule has 7 heteroatoms. The van der Waals surface area contributed by atoms with Crippen LogP contribution in [-0.4, -0.2) is 10.9 Å². The van der Waals surface area contributed by atoms with Crippen molar-refractivity contribution in [3.05, 3.63) is 52.7 Å². The molecule has 98 valence electrons. The molecule has 0 saturated carbocycles. The molecular formula is C12H7ClF2N2O2. The molecule has 2 N–H and O–H groups in total. The first kappa shape index (κ1) is 13.2. The molecule has 0 bridgehead atoms. The Morgan fingerprint density at radius 2 is 2.00 bits per heavy atom. The van der Waals surface area contributed by atoms with E-state index < -0.39 is 17.5 Å². The van der Waals surface area contributed by atoms with E-state index in [0.29, 0.717) is 0 Å². The van der Waals surface area contributed by atoms with E-state index in [1.54, 1.807) is 0 Å². The first-order chi connectivity index (χ1) is 8.97. The van der Waals surface area contributed by atoms with Gasteiger partial charge in [-0.2, -0.15) is 0 Å². The van der Waals surface area contributed by atoms with Crippen molar-refractivity contribution in [2.75, 3.05) is 0 Å². The number of hydrogen-bond donors (Lipinski definition) is 1. The largest absolute Gasteiger partial charge is 0.437 e. The van der Waals surface area contributed by atoms with Gasteiger partial charge < -0.3 is 10.5 Å². The molecule has 1 aromatic carbocycles. The number of halogens is 3. The summed E-state index contributed by atoms with van der Waals surface area (Å²) in [6, 6.07) is 4.30. The summed E-state index contributed by atoms with van der Waals surface area (Å²) >= 11 is 5.76. The lowest BCUT2D eigenvalue weighted by Gasteiger charge is -2.09. The lowest BCUT2D eigenvalue weighted by atomic mass is 10.2. The Morgan fingerprint density at radius 3 is 2.63 bits per heavy atom. The van der Waals surface area contributed by atoms with E-state index >= 15 is 0 Å². The Kier molecular flexibility index (Phi) is 3.62. The van der Waals surface area contributed by atoms with Crippen molar-refractivity contribution < 1.29 is 18.3 Å². The van der Waals surface area contributed by atoms with Crippen LogP contribution in [0.4, 0.5) is 8.78 Å². The number of carbonyl (C=O) groups is 1. The second kappa shape index (κ2) is 5.19. The highest BCUT2D eigenvalue weighted by atomic mass is 35.5. The minimum Gasteiger partial charge on any atom is -0.437 e. The standard InChI is InChI=1S/C12H7ClF2N2O2/c13-9-4-6(14)1-2-10(9)19-12-8(11(16)18)3-7(15)5-17-12/h1-5H,(H2,16,18). The summed E-state index contributed by atoms with van der Waals surface area (Å²) < 4.78 is 31.1. The van der Waals surface area contributed by atoms with Gasteiger partial charge in [-0.3, -0.25) is 4.79 Å². The van der Waals surface area contributed by atoms with E-state index in [1.807, 2.05) is 0 Å². The molecule has 2 aromatic rings. The number of carbonyl (C=O) groups excluding carboxylic acids is 1. The normalized spacial score (nSPS) is 10.3. The van der Waals surface area contributed by atoms with E-state index in [9.17, 15) is 13.6 Å². The number of nitrogens with two attached hydrogens (primary N) is 1. The molecule has 0 spiro atoms. The zero-order chi connectivity index (χ0) is 14.0. The Labute approximate surface area is 111 Å². The van der Waals surface area contributed by atoms with Crippen LogP contribution in [0.2, 0.25) is 5.02 Å². The average molecular weight is 285 g/mol. The highest BCUT2D eigenvalue weighted by Crippen LogP contribution is 2.30. The van der Waals surface area contributed by atoms with Gasteiger partial charge in [0.2, 0.25) is 5.88 Å². The molecule has 1 heterocycles. The summed E-state index contributed by atoms with van der Waals surface area (Å²) in [4.78, 5) is 14.8. The van der Waals surface area contributed by atoms with Gasteiger partial charge in [0.25, 0.3) is 5.91 Å². The van der Waals surface area contributed by atoms with Crippen molar-refractivity contribution >= 4 is 17.5 Å². The third-order valence-corrected chi connectivity index (χ3v) is 2.48.